The molecule has 0 saturated heterocycles. The molecule has 2 atom stereocenters. The Morgan fingerprint density at radius 1 is 1.26 bits per heavy atom. The highest BCUT2D eigenvalue weighted by molar-refractivity contribution is 5.52. The first-order valence-electron chi connectivity index (χ1n) is 8.64. The maximum absolute atomic E-state index is 14.2. The molecular weight excluding hydrogens is 295 g/mol. The molecule has 2 aromatic rings. The molecule has 0 amide bonds. The first-order valence-corrected chi connectivity index (χ1v) is 8.64. The highest BCUT2D eigenvalue weighted by Gasteiger charge is 2.59. The average Bonchev–Trinajstić information content (AvgIpc) is 2.75. The molecule has 0 aromatic carbocycles. The molecular formula is C17H21FN4O. The standard InChI is InChI=1S/C17H21FN4O/c18-11-5-15(17-6-10(7-17)8-17)22-13(11)9-19-16(21-22)20-12-3-1-2-4-14(12)23/h5,9-10,12,14,23H,1-4,6-8H2,(H,20,21)/t10?,12-,14-,17?/m1/s1. The zero-order valence-electron chi connectivity index (χ0n) is 13.0. The topological polar surface area (TPSA) is 62.5 Å². The van der Waals surface area contributed by atoms with Crippen molar-refractivity contribution in [2.24, 2.45) is 5.92 Å². The van der Waals surface area contributed by atoms with Gasteiger partial charge in [0.2, 0.25) is 5.95 Å². The number of nitrogens with one attached hydrogen (secondary N) is 1. The van der Waals surface area contributed by atoms with E-state index in [1.165, 1.54) is 0 Å². The summed E-state index contributed by atoms with van der Waals surface area (Å²) in [6.45, 7) is 0. The van der Waals surface area contributed by atoms with Crippen LogP contribution in [0.1, 0.15) is 50.6 Å². The van der Waals surface area contributed by atoms with Gasteiger partial charge in [0, 0.05) is 5.41 Å². The van der Waals surface area contributed by atoms with Crippen LogP contribution in [0.4, 0.5) is 10.3 Å². The first kappa shape index (κ1) is 13.7. The van der Waals surface area contributed by atoms with E-state index in [-0.39, 0.29) is 23.4 Å². The van der Waals surface area contributed by atoms with Gasteiger partial charge in [-0.1, -0.05) is 12.8 Å². The van der Waals surface area contributed by atoms with Crippen LogP contribution >= 0.6 is 0 Å². The molecule has 6 heteroatoms. The van der Waals surface area contributed by atoms with Gasteiger partial charge in [0.05, 0.1) is 24.0 Å². The Labute approximate surface area is 133 Å². The lowest BCUT2D eigenvalue weighted by atomic mass is 9.43. The molecule has 2 bridgehead atoms. The van der Waals surface area contributed by atoms with Gasteiger partial charge in [-0.15, -0.1) is 5.10 Å². The molecule has 6 rings (SSSR count). The van der Waals surface area contributed by atoms with Gasteiger partial charge in [0.25, 0.3) is 0 Å². The molecule has 0 radical (unpaired) electrons. The second-order valence-corrected chi connectivity index (χ2v) is 7.62. The maximum atomic E-state index is 14.2. The summed E-state index contributed by atoms with van der Waals surface area (Å²) in [5.74, 6) is 1.07. The number of nitrogens with zero attached hydrogens (tertiary/aromatic N) is 3. The molecule has 0 aliphatic heterocycles. The Balaban J connectivity index is 1.49. The van der Waals surface area contributed by atoms with Gasteiger partial charge < -0.3 is 10.4 Å². The SMILES string of the molecule is O[C@@H]1CCCC[C@H]1Nc1ncc2c(F)cc(C34CC(C3)C4)n2n1. The van der Waals surface area contributed by atoms with Crippen LogP contribution in [-0.2, 0) is 5.41 Å². The summed E-state index contributed by atoms with van der Waals surface area (Å²) in [6.07, 6.45) is 8.57. The number of aromatic nitrogens is 3. The van der Waals surface area contributed by atoms with Gasteiger partial charge in [-0.2, -0.15) is 0 Å². The highest BCUT2D eigenvalue weighted by Crippen LogP contribution is 2.65. The normalized spacial score (nSPS) is 35.7. The lowest BCUT2D eigenvalue weighted by Gasteiger charge is -2.61. The van der Waals surface area contributed by atoms with E-state index in [9.17, 15) is 9.50 Å². The van der Waals surface area contributed by atoms with E-state index in [1.54, 1.807) is 16.8 Å². The summed E-state index contributed by atoms with van der Waals surface area (Å²) in [7, 11) is 0. The number of anilines is 1. The van der Waals surface area contributed by atoms with Gasteiger partial charge in [0.1, 0.15) is 5.52 Å². The van der Waals surface area contributed by atoms with Crippen molar-refractivity contribution in [2.45, 2.75) is 62.5 Å². The van der Waals surface area contributed by atoms with Gasteiger partial charge in [-0.3, -0.25) is 0 Å². The number of fused-ring (bicyclic) bond motifs is 1. The van der Waals surface area contributed by atoms with E-state index in [4.69, 9.17) is 0 Å². The molecule has 2 heterocycles. The third-order valence-corrected chi connectivity index (χ3v) is 6.09. The number of hydrogen-bond donors (Lipinski definition) is 2. The summed E-state index contributed by atoms with van der Waals surface area (Å²) < 4.78 is 15.9. The zero-order chi connectivity index (χ0) is 15.6. The van der Waals surface area contributed by atoms with Crippen molar-refractivity contribution in [1.29, 1.82) is 0 Å². The van der Waals surface area contributed by atoms with Gasteiger partial charge in [0.15, 0.2) is 5.82 Å². The first-order chi connectivity index (χ1) is 11.1. The molecule has 4 fully saturated rings. The summed E-state index contributed by atoms with van der Waals surface area (Å²) >= 11 is 0. The van der Waals surface area contributed by atoms with Crippen LogP contribution in [0.5, 0.6) is 0 Å². The van der Waals surface area contributed by atoms with Crippen molar-refractivity contribution in [3.63, 3.8) is 0 Å². The minimum Gasteiger partial charge on any atom is -0.391 e. The Morgan fingerprint density at radius 2 is 2.04 bits per heavy atom. The van der Waals surface area contributed by atoms with Crippen molar-refractivity contribution in [3.05, 3.63) is 23.8 Å². The minimum atomic E-state index is -0.360. The van der Waals surface area contributed by atoms with Crippen molar-refractivity contribution in [1.82, 2.24) is 14.6 Å². The fraction of sp³-hybridized carbons (Fsp3) is 0.647. The van der Waals surface area contributed by atoms with Crippen molar-refractivity contribution in [3.8, 4) is 0 Å². The van der Waals surface area contributed by atoms with E-state index in [2.05, 4.69) is 15.4 Å². The van der Waals surface area contributed by atoms with Gasteiger partial charge >= 0.3 is 0 Å². The molecule has 2 aromatic heterocycles. The van der Waals surface area contributed by atoms with E-state index in [1.807, 2.05) is 0 Å². The molecule has 122 valence electrons. The van der Waals surface area contributed by atoms with Crippen molar-refractivity contribution in [2.75, 3.05) is 5.32 Å². The van der Waals surface area contributed by atoms with Crippen LogP contribution in [0.15, 0.2) is 12.3 Å². The molecule has 23 heavy (non-hydrogen) atoms. The van der Waals surface area contributed by atoms with Crippen LogP contribution in [0.25, 0.3) is 5.52 Å². The second kappa shape index (κ2) is 4.66. The maximum Gasteiger partial charge on any atom is 0.241 e. The quantitative estimate of drug-likeness (QED) is 0.914. The van der Waals surface area contributed by atoms with Crippen molar-refractivity contribution < 1.29 is 9.50 Å². The third-order valence-electron chi connectivity index (χ3n) is 6.09. The molecule has 4 aliphatic carbocycles. The van der Waals surface area contributed by atoms with E-state index < -0.39 is 0 Å². The largest absolute Gasteiger partial charge is 0.391 e. The van der Waals surface area contributed by atoms with Crippen LogP contribution in [0.3, 0.4) is 0 Å². The number of hydrogen-bond acceptors (Lipinski definition) is 4. The number of halogens is 1. The third kappa shape index (κ3) is 1.94. The second-order valence-electron chi connectivity index (χ2n) is 7.62. The summed E-state index contributed by atoms with van der Waals surface area (Å²) in [5.41, 5.74) is 1.58. The smallest absolute Gasteiger partial charge is 0.241 e. The molecule has 0 unspecified atom stereocenters. The number of aliphatic hydroxyl groups is 1. The molecule has 0 spiro atoms. The van der Waals surface area contributed by atoms with Crippen LogP contribution in [0.2, 0.25) is 0 Å². The average molecular weight is 316 g/mol. The van der Waals surface area contributed by atoms with E-state index in [0.717, 1.165) is 56.6 Å². The zero-order valence-corrected chi connectivity index (χ0v) is 13.0. The van der Waals surface area contributed by atoms with E-state index in [0.29, 0.717) is 11.5 Å². The monoisotopic (exact) mass is 316 g/mol. The van der Waals surface area contributed by atoms with Crippen LogP contribution in [0, 0.1) is 11.7 Å². The number of rotatable bonds is 3. The van der Waals surface area contributed by atoms with Gasteiger partial charge in [-0.25, -0.2) is 13.9 Å². The lowest BCUT2D eigenvalue weighted by molar-refractivity contribution is -0.0322. The Hall–Kier alpha value is -1.69. The molecule has 4 aliphatic rings. The fourth-order valence-corrected chi connectivity index (χ4v) is 4.63. The molecule has 4 saturated carbocycles. The lowest BCUT2D eigenvalue weighted by Crippen LogP contribution is -2.55. The predicted octanol–water partition coefficient (Wildman–Crippen LogP) is 2.64. The number of aliphatic hydroxyl groups excluding tert-OH is 1. The molecule has 5 nitrogen and oxygen atoms in total. The summed E-state index contributed by atoms with van der Waals surface area (Å²) in [6, 6.07) is 1.62. The Kier molecular flexibility index (Phi) is 2.78. The Morgan fingerprint density at radius 3 is 2.74 bits per heavy atom. The van der Waals surface area contributed by atoms with Crippen LogP contribution < -0.4 is 5.32 Å². The predicted molar refractivity (Wildman–Crippen MR) is 83.8 cm³/mol. The minimum absolute atomic E-state index is 0.0139. The molecule has 2 N–H and O–H groups in total. The highest BCUT2D eigenvalue weighted by atomic mass is 19.1. The summed E-state index contributed by atoms with van der Waals surface area (Å²) in [5, 5.41) is 17.9. The van der Waals surface area contributed by atoms with E-state index >= 15 is 0 Å². The Bertz CT molecular complexity index is 756. The fourth-order valence-electron chi connectivity index (χ4n) is 4.63. The van der Waals surface area contributed by atoms with Gasteiger partial charge in [-0.05, 0) is 44.1 Å². The summed E-state index contributed by atoms with van der Waals surface area (Å²) in [4.78, 5) is 4.25. The van der Waals surface area contributed by atoms with Crippen molar-refractivity contribution >= 4 is 11.5 Å². The van der Waals surface area contributed by atoms with Crippen LogP contribution in [-0.4, -0.2) is 31.9 Å².